The van der Waals surface area contributed by atoms with E-state index in [9.17, 15) is 9.59 Å². The van der Waals surface area contributed by atoms with E-state index >= 15 is 0 Å². The fourth-order valence-electron chi connectivity index (χ4n) is 1.93. The van der Waals surface area contributed by atoms with Gasteiger partial charge in [-0.25, -0.2) is 4.98 Å². The van der Waals surface area contributed by atoms with Gasteiger partial charge in [-0.15, -0.1) is 11.3 Å². The van der Waals surface area contributed by atoms with Crippen molar-refractivity contribution in [1.82, 2.24) is 15.3 Å². The van der Waals surface area contributed by atoms with Crippen LogP contribution in [0.15, 0.2) is 15.9 Å². The normalized spacial score (nSPS) is 10.8. The summed E-state index contributed by atoms with van der Waals surface area (Å²) in [7, 11) is 0. The van der Waals surface area contributed by atoms with Crippen molar-refractivity contribution in [3.63, 3.8) is 0 Å². The van der Waals surface area contributed by atoms with Crippen LogP contribution < -0.4 is 10.9 Å². The Hall–Kier alpha value is -1.47. The van der Waals surface area contributed by atoms with Gasteiger partial charge in [0.05, 0.1) is 5.39 Å². The zero-order valence-electron chi connectivity index (χ0n) is 11.9. The van der Waals surface area contributed by atoms with Crippen LogP contribution in [0.2, 0.25) is 0 Å². The lowest BCUT2D eigenvalue weighted by atomic mass is 10.2. The number of fused-ring (bicyclic) bond motifs is 1. The Morgan fingerprint density at radius 3 is 2.86 bits per heavy atom. The topological polar surface area (TPSA) is 74.8 Å². The van der Waals surface area contributed by atoms with Crippen molar-refractivity contribution in [3.05, 3.63) is 37.7 Å². The maximum atomic E-state index is 12.1. The lowest BCUT2D eigenvalue weighted by Gasteiger charge is -2.04. The quantitative estimate of drug-likeness (QED) is 0.850. The van der Waals surface area contributed by atoms with E-state index in [1.165, 1.54) is 11.3 Å². The van der Waals surface area contributed by atoms with E-state index in [1.807, 2.05) is 13.8 Å². The summed E-state index contributed by atoms with van der Waals surface area (Å²) in [5, 5.41) is 3.37. The third kappa shape index (κ3) is 3.79. The Morgan fingerprint density at radius 2 is 2.19 bits per heavy atom. The molecule has 0 spiro atoms. The van der Waals surface area contributed by atoms with Crippen LogP contribution in [0.25, 0.3) is 10.2 Å². The number of aromatic amines is 1. The molecule has 0 aliphatic heterocycles. The molecule has 2 rings (SSSR count). The minimum Gasteiger partial charge on any atom is -0.352 e. The highest BCUT2D eigenvalue weighted by atomic mass is 79.9. The molecule has 2 aromatic rings. The molecule has 0 bridgehead atoms. The number of carbonyl (C=O) groups excluding carboxylic acids is 1. The second-order valence-electron chi connectivity index (χ2n) is 4.77. The van der Waals surface area contributed by atoms with E-state index in [0.717, 1.165) is 15.3 Å². The number of hydrogen-bond acceptors (Lipinski definition) is 4. The van der Waals surface area contributed by atoms with Crippen LogP contribution in [0.1, 0.15) is 22.7 Å². The summed E-state index contributed by atoms with van der Waals surface area (Å²) in [5.74, 6) is 0.443. The second-order valence-corrected chi connectivity index (χ2v) is 7.09. The zero-order valence-corrected chi connectivity index (χ0v) is 14.3. The summed E-state index contributed by atoms with van der Waals surface area (Å²) >= 11 is 4.68. The molecule has 0 radical (unpaired) electrons. The number of aryl methyl sites for hydroxylation is 3. The Morgan fingerprint density at radius 1 is 1.48 bits per heavy atom. The number of nitrogens with one attached hydrogen (secondary N) is 2. The first-order valence-corrected chi connectivity index (χ1v) is 8.08. The van der Waals surface area contributed by atoms with Crippen LogP contribution in [0.5, 0.6) is 0 Å². The van der Waals surface area contributed by atoms with Gasteiger partial charge in [0.25, 0.3) is 5.56 Å². The summed E-state index contributed by atoms with van der Waals surface area (Å²) < 4.78 is 0.716. The van der Waals surface area contributed by atoms with E-state index in [1.54, 1.807) is 0 Å². The average molecular weight is 370 g/mol. The molecule has 0 saturated heterocycles. The van der Waals surface area contributed by atoms with Gasteiger partial charge in [-0.2, -0.15) is 0 Å². The Balaban J connectivity index is 2.11. The van der Waals surface area contributed by atoms with Crippen molar-refractivity contribution in [1.29, 1.82) is 0 Å². The monoisotopic (exact) mass is 369 g/mol. The number of carbonyl (C=O) groups is 1. The van der Waals surface area contributed by atoms with E-state index in [0.29, 0.717) is 28.7 Å². The third-order valence-electron chi connectivity index (χ3n) is 3.15. The van der Waals surface area contributed by atoms with Gasteiger partial charge in [0.15, 0.2) is 0 Å². The second kappa shape index (κ2) is 6.53. The van der Waals surface area contributed by atoms with Crippen LogP contribution in [-0.4, -0.2) is 22.4 Å². The molecule has 0 fully saturated rings. The van der Waals surface area contributed by atoms with E-state index in [-0.39, 0.29) is 17.9 Å². The smallest absolute Gasteiger partial charge is 0.259 e. The Kier molecular flexibility index (Phi) is 4.95. The van der Waals surface area contributed by atoms with Crippen molar-refractivity contribution in [2.45, 2.75) is 26.7 Å². The molecule has 0 saturated carbocycles. The maximum absolute atomic E-state index is 12.1. The molecule has 7 heteroatoms. The standard InChI is InChI=1S/C14H16BrN3O2S/c1-7(15)6-16-11(19)5-4-10-17-13(20)12-8(2)9(3)21-14(12)18-10/h1,4-6H2,2-3H3,(H,16,19)(H,17,18,20). The molecule has 0 aromatic carbocycles. The first-order chi connectivity index (χ1) is 9.88. The zero-order chi connectivity index (χ0) is 15.6. The molecule has 5 nitrogen and oxygen atoms in total. The van der Waals surface area contributed by atoms with Gasteiger partial charge in [-0.3, -0.25) is 9.59 Å². The number of nitrogens with zero attached hydrogens (tertiary/aromatic N) is 1. The van der Waals surface area contributed by atoms with Crippen molar-refractivity contribution in [3.8, 4) is 0 Å². The lowest BCUT2D eigenvalue weighted by molar-refractivity contribution is -0.120. The maximum Gasteiger partial charge on any atom is 0.259 e. The first kappa shape index (κ1) is 15.9. The van der Waals surface area contributed by atoms with Crippen molar-refractivity contribution in [2.75, 3.05) is 6.54 Å². The fraction of sp³-hybridized carbons (Fsp3) is 0.357. The first-order valence-electron chi connectivity index (χ1n) is 6.47. The van der Waals surface area contributed by atoms with Gasteiger partial charge in [0.1, 0.15) is 10.7 Å². The average Bonchev–Trinajstić information content (AvgIpc) is 2.69. The van der Waals surface area contributed by atoms with Crippen molar-refractivity contribution < 1.29 is 4.79 Å². The summed E-state index contributed by atoms with van der Waals surface area (Å²) in [6, 6.07) is 0. The lowest BCUT2D eigenvalue weighted by Crippen LogP contribution is -2.25. The van der Waals surface area contributed by atoms with Crippen molar-refractivity contribution in [2.24, 2.45) is 0 Å². The van der Waals surface area contributed by atoms with Gasteiger partial charge in [0, 0.05) is 28.7 Å². The van der Waals surface area contributed by atoms with Crippen LogP contribution in [-0.2, 0) is 11.2 Å². The predicted octanol–water partition coefficient (Wildman–Crippen LogP) is 2.56. The van der Waals surface area contributed by atoms with E-state index in [2.05, 4.69) is 37.8 Å². The van der Waals surface area contributed by atoms with Crippen LogP contribution in [0, 0.1) is 13.8 Å². The molecular weight excluding hydrogens is 354 g/mol. The fourth-order valence-corrected chi connectivity index (χ4v) is 3.12. The number of amides is 1. The summed E-state index contributed by atoms with van der Waals surface area (Å²) in [5.41, 5.74) is 0.843. The van der Waals surface area contributed by atoms with Gasteiger partial charge in [-0.1, -0.05) is 22.5 Å². The largest absolute Gasteiger partial charge is 0.352 e. The summed E-state index contributed by atoms with van der Waals surface area (Å²) in [6.07, 6.45) is 0.680. The predicted molar refractivity (Wildman–Crippen MR) is 89.1 cm³/mol. The number of H-pyrrole nitrogens is 1. The number of halogens is 1. The molecule has 2 aromatic heterocycles. The van der Waals surface area contributed by atoms with Crippen LogP contribution in [0.3, 0.4) is 0 Å². The van der Waals surface area contributed by atoms with Gasteiger partial charge >= 0.3 is 0 Å². The highest BCUT2D eigenvalue weighted by Crippen LogP contribution is 2.25. The molecule has 2 N–H and O–H groups in total. The van der Waals surface area contributed by atoms with E-state index < -0.39 is 0 Å². The molecule has 112 valence electrons. The number of hydrogen-bond donors (Lipinski definition) is 2. The molecular formula is C14H16BrN3O2S. The van der Waals surface area contributed by atoms with Crippen molar-refractivity contribution >= 4 is 43.4 Å². The number of aromatic nitrogens is 2. The minimum atomic E-state index is -0.133. The summed E-state index contributed by atoms with van der Waals surface area (Å²) in [4.78, 5) is 32.7. The molecule has 0 aliphatic carbocycles. The van der Waals surface area contributed by atoms with Gasteiger partial charge < -0.3 is 10.3 Å². The number of thiophene rings is 1. The van der Waals surface area contributed by atoms with Crippen LogP contribution >= 0.6 is 27.3 Å². The highest BCUT2D eigenvalue weighted by Gasteiger charge is 2.12. The molecule has 2 heterocycles. The van der Waals surface area contributed by atoms with Gasteiger partial charge in [0.2, 0.25) is 5.91 Å². The molecule has 0 unspecified atom stereocenters. The van der Waals surface area contributed by atoms with E-state index in [4.69, 9.17) is 0 Å². The highest BCUT2D eigenvalue weighted by molar-refractivity contribution is 9.11. The molecule has 1 amide bonds. The molecule has 0 atom stereocenters. The molecule has 0 aliphatic rings. The Bertz CT molecular complexity index is 763. The Labute approximate surface area is 134 Å². The molecule has 21 heavy (non-hydrogen) atoms. The van der Waals surface area contributed by atoms with Gasteiger partial charge in [-0.05, 0) is 19.4 Å². The summed E-state index contributed by atoms with van der Waals surface area (Å²) in [6.45, 7) is 7.93. The van der Waals surface area contributed by atoms with Crippen LogP contribution in [0.4, 0.5) is 0 Å². The third-order valence-corrected chi connectivity index (χ3v) is 4.54. The minimum absolute atomic E-state index is 0.100. The SMILES string of the molecule is C=C(Br)CNC(=O)CCc1nc2sc(C)c(C)c2c(=O)[nH]1. The number of rotatable bonds is 5.